The van der Waals surface area contributed by atoms with Gasteiger partial charge < -0.3 is 9.64 Å². The summed E-state index contributed by atoms with van der Waals surface area (Å²) < 4.78 is 42.1. The van der Waals surface area contributed by atoms with E-state index in [2.05, 4.69) is 12.1 Å². The molecular weight excluding hydrogens is 317 g/mol. The van der Waals surface area contributed by atoms with E-state index in [0.717, 1.165) is 40.8 Å². The summed E-state index contributed by atoms with van der Waals surface area (Å²) in [6.07, 6.45) is -3.24. The number of pyridine rings is 1. The number of benzene rings is 1. The first-order valence-corrected chi connectivity index (χ1v) is 8.13. The van der Waals surface area contributed by atoms with Crippen molar-refractivity contribution in [3.05, 3.63) is 35.4 Å². The molecule has 1 aliphatic heterocycles. The van der Waals surface area contributed by atoms with Crippen molar-refractivity contribution in [2.24, 2.45) is 0 Å². The van der Waals surface area contributed by atoms with E-state index < -0.39 is 18.9 Å². The molecule has 24 heavy (non-hydrogen) atoms. The van der Waals surface area contributed by atoms with E-state index in [1.807, 2.05) is 30.9 Å². The van der Waals surface area contributed by atoms with Gasteiger partial charge in [-0.3, -0.25) is 0 Å². The highest BCUT2D eigenvalue weighted by atomic mass is 19.4. The summed E-state index contributed by atoms with van der Waals surface area (Å²) in [7, 11) is 0. The molecule has 1 aromatic carbocycles. The van der Waals surface area contributed by atoms with E-state index in [4.69, 9.17) is 9.72 Å². The molecule has 1 fully saturated rings. The highest BCUT2D eigenvalue weighted by molar-refractivity contribution is 5.84. The van der Waals surface area contributed by atoms with Crippen molar-refractivity contribution in [1.29, 1.82) is 0 Å². The van der Waals surface area contributed by atoms with Crippen LogP contribution in [0.2, 0.25) is 0 Å². The van der Waals surface area contributed by atoms with E-state index in [-0.39, 0.29) is 0 Å². The molecule has 0 aliphatic carbocycles. The summed E-state index contributed by atoms with van der Waals surface area (Å²) in [5.41, 5.74) is 3.17. The number of halogens is 3. The predicted octanol–water partition coefficient (Wildman–Crippen LogP) is 4.40. The molecule has 1 saturated heterocycles. The predicted molar refractivity (Wildman–Crippen MR) is 88.5 cm³/mol. The number of anilines is 1. The molecule has 3 nitrogen and oxygen atoms in total. The van der Waals surface area contributed by atoms with Crippen molar-refractivity contribution in [3.63, 3.8) is 0 Å². The van der Waals surface area contributed by atoms with Crippen LogP contribution in [0.4, 0.5) is 19.0 Å². The molecule has 1 atom stereocenters. The molecule has 6 heteroatoms. The minimum atomic E-state index is -4.28. The molecular formula is C18H21F3N2O. The van der Waals surface area contributed by atoms with E-state index in [0.29, 0.717) is 13.0 Å². The van der Waals surface area contributed by atoms with Gasteiger partial charge in [0.1, 0.15) is 12.4 Å². The van der Waals surface area contributed by atoms with Crippen molar-refractivity contribution in [3.8, 4) is 0 Å². The van der Waals surface area contributed by atoms with Crippen LogP contribution in [0.15, 0.2) is 24.3 Å². The molecule has 0 N–H and O–H groups in total. The number of hydrogen-bond donors (Lipinski definition) is 0. The van der Waals surface area contributed by atoms with Crippen LogP contribution >= 0.6 is 0 Å². The second-order valence-corrected chi connectivity index (χ2v) is 6.45. The summed E-state index contributed by atoms with van der Waals surface area (Å²) in [4.78, 5) is 6.74. The Morgan fingerprint density at radius 3 is 2.79 bits per heavy atom. The molecule has 0 bridgehead atoms. The first kappa shape index (κ1) is 17.0. The lowest BCUT2D eigenvalue weighted by atomic mass is 10.1. The maximum Gasteiger partial charge on any atom is 0.411 e. The maximum atomic E-state index is 12.3. The molecule has 1 aliphatic rings. The van der Waals surface area contributed by atoms with Gasteiger partial charge in [0.15, 0.2) is 0 Å². The van der Waals surface area contributed by atoms with Gasteiger partial charge in [0.25, 0.3) is 0 Å². The van der Waals surface area contributed by atoms with Gasteiger partial charge in [-0.05, 0) is 49.9 Å². The van der Waals surface area contributed by atoms with E-state index in [1.165, 1.54) is 0 Å². The van der Waals surface area contributed by atoms with Crippen LogP contribution in [0.3, 0.4) is 0 Å². The quantitative estimate of drug-likeness (QED) is 0.829. The molecule has 2 heterocycles. The molecule has 0 amide bonds. The van der Waals surface area contributed by atoms with Gasteiger partial charge in [0, 0.05) is 18.5 Å². The Hall–Kier alpha value is -1.82. The summed E-state index contributed by atoms with van der Waals surface area (Å²) in [5.74, 6) is 0.811. The number of fused-ring (bicyclic) bond motifs is 1. The zero-order chi connectivity index (χ0) is 17.3. The van der Waals surface area contributed by atoms with Crippen LogP contribution < -0.4 is 4.90 Å². The summed E-state index contributed by atoms with van der Waals surface area (Å²) >= 11 is 0. The Kier molecular flexibility index (Phi) is 4.67. The SMILES string of the molecule is Cc1ccc2c(C)cc(N3CCCC(OCC(F)(F)F)C3)nc2c1. The summed E-state index contributed by atoms with van der Waals surface area (Å²) in [6.45, 7) is 4.10. The standard InChI is InChI=1S/C18H21F3N2O/c1-12-5-6-15-13(2)9-17(22-16(15)8-12)23-7-3-4-14(10-23)24-11-18(19,20)21/h5-6,8-9,14H,3-4,7,10-11H2,1-2H3. The monoisotopic (exact) mass is 338 g/mol. The summed E-state index contributed by atoms with van der Waals surface area (Å²) in [6, 6.07) is 8.15. The number of ether oxygens (including phenoxy) is 1. The van der Waals surface area contributed by atoms with Crippen molar-refractivity contribution in [2.75, 3.05) is 24.6 Å². The van der Waals surface area contributed by atoms with Crippen molar-refractivity contribution >= 4 is 16.7 Å². The van der Waals surface area contributed by atoms with Crippen LogP contribution in [-0.4, -0.2) is 37.0 Å². The molecule has 2 aromatic rings. The highest BCUT2D eigenvalue weighted by Gasteiger charge is 2.31. The number of aryl methyl sites for hydroxylation is 2. The Morgan fingerprint density at radius 1 is 1.25 bits per heavy atom. The van der Waals surface area contributed by atoms with Gasteiger partial charge in [-0.2, -0.15) is 13.2 Å². The summed E-state index contributed by atoms with van der Waals surface area (Å²) in [5, 5.41) is 1.10. The Balaban J connectivity index is 1.79. The largest absolute Gasteiger partial charge is 0.411 e. The number of piperidine rings is 1. The first-order valence-electron chi connectivity index (χ1n) is 8.13. The second-order valence-electron chi connectivity index (χ2n) is 6.45. The van der Waals surface area contributed by atoms with E-state index in [1.54, 1.807) is 0 Å². The van der Waals surface area contributed by atoms with Crippen LogP contribution in [0.5, 0.6) is 0 Å². The fourth-order valence-electron chi connectivity index (χ4n) is 3.15. The van der Waals surface area contributed by atoms with Gasteiger partial charge in [0.05, 0.1) is 11.6 Å². The number of alkyl halides is 3. The topological polar surface area (TPSA) is 25.4 Å². The molecule has 0 spiro atoms. The van der Waals surface area contributed by atoms with Gasteiger partial charge in [-0.25, -0.2) is 4.98 Å². The third kappa shape index (κ3) is 3.98. The lowest BCUT2D eigenvalue weighted by Gasteiger charge is -2.34. The third-order valence-electron chi connectivity index (χ3n) is 4.34. The van der Waals surface area contributed by atoms with Crippen LogP contribution in [0.1, 0.15) is 24.0 Å². The van der Waals surface area contributed by atoms with Crippen LogP contribution in [0, 0.1) is 13.8 Å². The fourth-order valence-corrected chi connectivity index (χ4v) is 3.15. The van der Waals surface area contributed by atoms with Crippen molar-refractivity contribution in [2.45, 2.75) is 39.0 Å². The minimum absolute atomic E-state index is 0.407. The van der Waals surface area contributed by atoms with Crippen molar-refractivity contribution < 1.29 is 17.9 Å². The zero-order valence-corrected chi connectivity index (χ0v) is 13.9. The third-order valence-corrected chi connectivity index (χ3v) is 4.34. The molecule has 1 unspecified atom stereocenters. The van der Waals surface area contributed by atoms with Gasteiger partial charge >= 0.3 is 6.18 Å². The highest BCUT2D eigenvalue weighted by Crippen LogP contribution is 2.26. The lowest BCUT2D eigenvalue weighted by molar-refractivity contribution is -0.185. The number of hydrogen-bond acceptors (Lipinski definition) is 3. The van der Waals surface area contributed by atoms with E-state index >= 15 is 0 Å². The smallest absolute Gasteiger partial charge is 0.367 e. The Bertz CT molecular complexity index is 730. The van der Waals surface area contributed by atoms with Gasteiger partial charge in [-0.1, -0.05) is 12.1 Å². The second kappa shape index (κ2) is 6.59. The molecule has 0 radical (unpaired) electrons. The maximum absolute atomic E-state index is 12.3. The van der Waals surface area contributed by atoms with Crippen LogP contribution in [0.25, 0.3) is 10.9 Å². The molecule has 1 aromatic heterocycles. The zero-order valence-electron chi connectivity index (χ0n) is 13.9. The van der Waals surface area contributed by atoms with Crippen LogP contribution in [-0.2, 0) is 4.74 Å². The van der Waals surface area contributed by atoms with Crippen molar-refractivity contribution in [1.82, 2.24) is 4.98 Å². The number of nitrogens with zero attached hydrogens (tertiary/aromatic N) is 2. The molecule has 3 rings (SSSR count). The normalized spacial score (nSPS) is 19.0. The van der Waals surface area contributed by atoms with Gasteiger partial charge in [0.2, 0.25) is 0 Å². The molecule has 0 saturated carbocycles. The number of rotatable bonds is 3. The Labute approximate surface area is 139 Å². The Morgan fingerprint density at radius 2 is 2.04 bits per heavy atom. The minimum Gasteiger partial charge on any atom is -0.367 e. The average molecular weight is 338 g/mol. The first-order chi connectivity index (χ1) is 11.3. The van der Waals surface area contributed by atoms with Gasteiger partial charge in [-0.15, -0.1) is 0 Å². The molecule has 130 valence electrons. The fraction of sp³-hybridized carbons (Fsp3) is 0.500. The average Bonchev–Trinajstić information content (AvgIpc) is 2.52. The lowest BCUT2D eigenvalue weighted by Crippen LogP contribution is -2.41. The van der Waals surface area contributed by atoms with E-state index in [9.17, 15) is 13.2 Å². The number of aromatic nitrogens is 1.